The molecule has 18 nitrogen and oxygen atoms in total. The van der Waals surface area contributed by atoms with E-state index in [0.717, 1.165) is 82.1 Å². The number of urea groups is 2. The standard InChI is InChI=1S/C56H62Cl4N12O6.ClH/c1-69-31-47(45-27-41(57)29-51(59)49(45)33-69)37-5-3-7-39(25-37)53-35-71(67-65-53)15-19-77-23-21-75-17-13-61-55(73)63-43-9-11-44(12-10-43)64-56(74)62-14-18-76-22-24-78-20-16-72-36-54(66-68-72)40-8-4-6-38(26-40)48-32-70(2)34-50-46(48)28-42(58)30-52(50)60;/h3-12,25-30,35-36,47-48H,13-24,31-34H2,1-2H3,(H2,61,63,73)(H2,62,64,74);1H/t47-,48-;/m0./s1. The van der Waals surface area contributed by atoms with Gasteiger partial charge in [-0.1, -0.05) is 93.2 Å². The fourth-order valence-electron chi connectivity index (χ4n) is 9.59. The Morgan fingerprint density at radius 3 is 1.37 bits per heavy atom. The first-order valence-electron chi connectivity index (χ1n) is 25.8. The van der Waals surface area contributed by atoms with Crippen molar-refractivity contribution in [1.29, 1.82) is 0 Å². The van der Waals surface area contributed by atoms with Gasteiger partial charge in [0.2, 0.25) is 0 Å². The molecule has 418 valence electrons. The number of anilines is 2. The number of likely N-dealkylation sites (N-methyl/N-ethyl adjacent to an activating group) is 2. The van der Waals surface area contributed by atoms with E-state index in [1.165, 1.54) is 0 Å². The highest BCUT2D eigenvalue weighted by atomic mass is 35.5. The zero-order valence-corrected chi connectivity index (χ0v) is 47.6. The summed E-state index contributed by atoms with van der Waals surface area (Å²) in [5.41, 5.74) is 11.5. The van der Waals surface area contributed by atoms with Crippen LogP contribution >= 0.6 is 58.8 Å². The molecule has 2 aliphatic heterocycles. The average molecular weight is 1180 g/mol. The van der Waals surface area contributed by atoms with E-state index >= 15 is 0 Å². The number of carbonyl (C=O) groups is 2. The maximum Gasteiger partial charge on any atom is 0.319 e. The molecule has 23 heteroatoms. The molecule has 2 aromatic heterocycles. The molecule has 5 aromatic carbocycles. The molecule has 4 amide bonds. The van der Waals surface area contributed by atoms with Crippen molar-refractivity contribution in [2.45, 2.75) is 38.0 Å². The Bertz CT molecular complexity index is 2940. The van der Waals surface area contributed by atoms with Crippen molar-refractivity contribution in [3.05, 3.63) is 163 Å². The number of nitrogens with one attached hydrogen (secondary N) is 4. The van der Waals surface area contributed by atoms with E-state index in [-0.39, 0.29) is 36.3 Å². The normalized spacial score (nSPS) is 15.2. The van der Waals surface area contributed by atoms with Gasteiger partial charge < -0.3 is 50.0 Å². The van der Waals surface area contributed by atoms with Crippen molar-refractivity contribution in [3.63, 3.8) is 0 Å². The predicted octanol–water partition coefficient (Wildman–Crippen LogP) is 10.1. The monoisotopic (exact) mass is 1170 g/mol. The molecule has 2 aliphatic rings. The van der Waals surface area contributed by atoms with Crippen LogP contribution in [0.15, 0.2) is 109 Å². The Hall–Kier alpha value is -5.87. The van der Waals surface area contributed by atoms with Crippen molar-refractivity contribution in [2.24, 2.45) is 0 Å². The number of aromatic nitrogens is 6. The summed E-state index contributed by atoms with van der Waals surface area (Å²) in [5, 5.41) is 31.2. The van der Waals surface area contributed by atoms with Gasteiger partial charge in [-0.15, -0.1) is 22.6 Å². The molecule has 0 spiro atoms. The zero-order valence-electron chi connectivity index (χ0n) is 43.8. The predicted molar refractivity (Wildman–Crippen MR) is 311 cm³/mol. The molecule has 0 bridgehead atoms. The summed E-state index contributed by atoms with van der Waals surface area (Å²) < 4.78 is 26.3. The molecule has 9 rings (SSSR count). The van der Waals surface area contributed by atoms with E-state index < -0.39 is 0 Å². The topological polar surface area (TPSA) is 187 Å². The Kier molecular flexibility index (Phi) is 21.8. The molecular formula is C56H63Cl5N12O6. The van der Waals surface area contributed by atoms with Crippen LogP contribution in [0.25, 0.3) is 22.5 Å². The summed E-state index contributed by atoms with van der Waals surface area (Å²) in [5.74, 6) is 0.249. The van der Waals surface area contributed by atoms with Crippen molar-refractivity contribution in [3.8, 4) is 22.5 Å². The summed E-state index contributed by atoms with van der Waals surface area (Å²) in [7, 11) is 4.20. The Balaban J connectivity index is 0.00000822. The SMILES string of the molecule is CN1Cc2c(Cl)cc(Cl)cc2[C@H](c2cccc(-c3cn(CCOCCOCCNC(=O)Nc4ccc(NC(=O)NCCOCCOCCn5cc(-c6cccc([C@@H]7CN(C)Cc8c(Cl)cc(Cl)cc87)c6)nn5)cc4)nn3)c2)C1.Cl. The van der Waals surface area contributed by atoms with Gasteiger partial charge in [0.15, 0.2) is 0 Å². The van der Waals surface area contributed by atoms with E-state index in [0.29, 0.717) is 110 Å². The molecule has 0 radical (unpaired) electrons. The molecule has 4 heterocycles. The maximum atomic E-state index is 12.4. The van der Waals surface area contributed by atoms with Gasteiger partial charge in [0.1, 0.15) is 11.4 Å². The molecule has 0 saturated carbocycles. The van der Waals surface area contributed by atoms with Crippen molar-refractivity contribution < 1.29 is 28.5 Å². The van der Waals surface area contributed by atoms with Crippen molar-refractivity contribution >= 4 is 82.2 Å². The van der Waals surface area contributed by atoms with Crippen molar-refractivity contribution in [2.75, 3.05) is 104 Å². The van der Waals surface area contributed by atoms with Gasteiger partial charge in [0.25, 0.3) is 0 Å². The first-order valence-corrected chi connectivity index (χ1v) is 27.3. The van der Waals surface area contributed by atoms with Crippen LogP contribution in [0.2, 0.25) is 20.1 Å². The molecule has 79 heavy (non-hydrogen) atoms. The van der Waals surface area contributed by atoms with Crippen LogP contribution in [0.3, 0.4) is 0 Å². The molecule has 0 fully saturated rings. The summed E-state index contributed by atoms with van der Waals surface area (Å²) in [6, 6.07) is 30.4. The molecule has 0 aliphatic carbocycles. The third-order valence-electron chi connectivity index (χ3n) is 13.4. The first-order chi connectivity index (χ1) is 37.9. The minimum Gasteiger partial charge on any atom is -0.377 e. The lowest BCUT2D eigenvalue weighted by Crippen LogP contribution is -2.32. The zero-order chi connectivity index (χ0) is 54.4. The number of carbonyl (C=O) groups excluding carboxylic acids is 2. The van der Waals surface area contributed by atoms with E-state index in [1.54, 1.807) is 33.6 Å². The summed E-state index contributed by atoms with van der Waals surface area (Å²) in [4.78, 5) is 29.4. The Morgan fingerprint density at radius 2 is 0.949 bits per heavy atom. The lowest BCUT2D eigenvalue weighted by molar-refractivity contribution is 0.0455. The number of nitrogens with zero attached hydrogens (tertiary/aromatic N) is 8. The van der Waals surface area contributed by atoms with E-state index in [9.17, 15) is 9.59 Å². The highest BCUT2D eigenvalue weighted by Crippen LogP contribution is 2.41. The minimum atomic E-state index is -0.380. The molecular weight excluding hydrogens is 1110 g/mol. The van der Waals surface area contributed by atoms with Crippen LogP contribution in [-0.4, -0.2) is 145 Å². The van der Waals surface area contributed by atoms with Gasteiger partial charge in [-0.05, 0) is 108 Å². The van der Waals surface area contributed by atoms with E-state index in [2.05, 4.69) is 90.1 Å². The highest BCUT2D eigenvalue weighted by Gasteiger charge is 2.29. The molecule has 0 unspecified atom stereocenters. The second kappa shape index (κ2) is 29.0. The number of hydrogen-bond acceptors (Lipinski definition) is 12. The second-order valence-electron chi connectivity index (χ2n) is 19.2. The Labute approximate surface area is 485 Å². The van der Waals surface area contributed by atoms with Crippen LogP contribution in [0.4, 0.5) is 21.0 Å². The van der Waals surface area contributed by atoms with Gasteiger partial charge in [-0.3, -0.25) is 0 Å². The molecule has 0 saturated heterocycles. The molecule has 4 N–H and O–H groups in total. The number of benzene rings is 5. The van der Waals surface area contributed by atoms with Crippen LogP contribution in [0.5, 0.6) is 0 Å². The highest BCUT2D eigenvalue weighted by molar-refractivity contribution is 6.35. The Morgan fingerprint density at radius 1 is 0.544 bits per heavy atom. The fraction of sp³-hybridized carbons (Fsp3) is 0.357. The smallest absolute Gasteiger partial charge is 0.319 e. The second-order valence-corrected chi connectivity index (χ2v) is 20.9. The minimum absolute atomic E-state index is 0. The van der Waals surface area contributed by atoms with Gasteiger partial charge in [-0.2, -0.15) is 0 Å². The average Bonchev–Trinajstić information content (AvgIpc) is 4.15. The number of ether oxygens (including phenoxy) is 4. The van der Waals surface area contributed by atoms with Crippen LogP contribution in [0, 0.1) is 0 Å². The lowest BCUT2D eigenvalue weighted by atomic mass is 9.84. The number of amides is 4. The third kappa shape index (κ3) is 16.6. The third-order valence-corrected chi connectivity index (χ3v) is 14.5. The summed E-state index contributed by atoms with van der Waals surface area (Å²) in [6.45, 7) is 7.96. The quantitative estimate of drug-likeness (QED) is 0.0420. The van der Waals surface area contributed by atoms with E-state index in [1.807, 2.05) is 60.9 Å². The van der Waals surface area contributed by atoms with Gasteiger partial charge in [0, 0.05) is 93.7 Å². The first kappa shape index (κ1) is 59.3. The van der Waals surface area contributed by atoms with Crippen LogP contribution < -0.4 is 21.3 Å². The van der Waals surface area contributed by atoms with Gasteiger partial charge in [-0.25, -0.2) is 19.0 Å². The number of rotatable bonds is 24. The summed E-state index contributed by atoms with van der Waals surface area (Å²) in [6.07, 6.45) is 3.83. The number of halogens is 5. The lowest BCUT2D eigenvalue weighted by Gasteiger charge is -2.33. The van der Waals surface area contributed by atoms with Crippen molar-refractivity contribution in [1.82, 2.24) is 50.4 Å². The van der Waals surface area contributed by atoms with Crippen LogP contribution in [-0.2, 0) is 45.1 Å². The van der Waals surface area contributed by atoms with E-state index in [4.69, 9.17) is 65.4 Å². The number of hydrogen-bond donors (Lipinski definition) is 4. The maximum absolute atomic E-state index is 12.4. The molecule has 2 atom stereocenters. The summed E-state index contributed by atoms with van der Waals surface area (Å²) >= 11 is 26.0. The van der Waals surface area contributed by atoms with Crippen LogP contribution in [0.1, 0.15) is 45.2 Å². The largest absolute Gasteiger partial charge is 0.377 e. The van der Waals surface area contributed by atoms with Gasteiger partial charge in [0.05, 0.1) is 78.3 Å². The van der Waals surface area contributed by atoms with Gasteiger partial charge >= 0.3 is 12.1 Å². The number of fused-ring (bicyclic) bond motifs is 2. The molecule has 7 aromatic rings. The fourth-order valence-corrected chi connectivity index (χ4v) is 10.7.